The van der Waals surface area contributed by atoms with E-state index >= 15 is 0 Å². The third-order valence-corrected chi connectivity index (χ3v) is 4.40. The van der Waals surface area contributed by atoms with Crippen molar-refractivity contribution in [2.24, 2.45) is 5.41 Å². The number of nitrogens with one attached hydrogen (secondary N) is 1. The highest BCUT2D eigenvalue weighted by atomic mass is 16.5. The van der Waals surface area contributed by atoms with E-state index in [0.717, 1.165) is 0 Å². The Balaban J connectivity index is 1.85. The molecule has 0 spiro atoms. The maximum atomic E-state index is 11.6. The molecule has 18 heavy (non-hydrogen) atoms. The number of methoxy groups -OCH3 is 1. The summed E-state index contributed by atoms with van der Waals surface area (Å²) in [5.41, 5.74) is -0.434. The molecule has 2 atom stereocenters. The van der Waals surface area contributed by atoms with Gasteiger partial charge >= 0.3 is 5.97 Å². The summed E-state index contributed by atoms with van der Waals surface area (Å²) in [5.74, 6) is -0.131. The van der Waals surface area contributed by atoms with Crippen LogP contribution in [-0.2, 0) is 9.53 Å². The molecule has 0 radical (unpaired) electrons. The molecule has 4 heteroatoms. The normalized spacial score (nSPS) is 29.1. The second-order valence-electron chi connectivity index (χ2n) is 6.25. The summed E-state index contributed by atoms with van der Waals surface area (Å²) >= 11 is 0. The first kappa shape index (κ1) is 13.8. The molecule has 2 aliphatic rings. The fraction of sp³-hybridized carbons (Fsp3) is 0.929. The maximum Gasteiger partial charge on any atom is 0.312 e. The summed E-state index contributed by atoms with van der Waals surface area (Å²) in [7, 11) is 1.46. The number of esters is 1. The molecular weight excluding hydrogens is 228 g/mol. The molecule has 2 rings (SSSR count). The molecule has 2 fully saturated rings. The van der Waals surface area contributed by atoms with Crippen LogP contribution in [0.25, 0.3) is 0 Å². The first-order chi connectivity index (χ1) is 8.54. The van der Waals surface area contributed by atoms with Crippen LogP contribution in [-0.4, -0.2) is 49.7 Å². The van der Waals surface area contributed by atoms with Crippen molar-refractivity contribution in [3.8, 4) is 0 Å². The van der Waals surface area contributed by atoms with E-state index < -0.39 is 5.41 Å². The van der Waals surface area contributed by atoms with Gasteiger partial charge < -0.3 is 10.1 Å². The van der Waals surface area contributed by atoms with Crippen molar-refractivity contribution in [1.29, 1.82) is 0 Å². The van der Waals surface area contributed by atoms with Gasteiger partial charge in [-0.1, -0.05) is 6.42 Å². The average molecular weight is 254 g/mol. The number of fused-ring (bicyclic) bond motifs is 1. The summed E-state index contributed by atoms with van der Waals surface area (Å²) in [6, 6.07) is 1.24. The second-order valence-corrected chi connectivity index (χ2v) is 6.25. The molecular formula is C14H26N2O2. The first-order valence-electron chi connectivity index (χ1n) is 7.10. The number of ether oxygens (including phenoxy) is 1. The molecule has 0 saturated carbocycles. The Morgan fingerprint density at radius 2 is 2.11 bits per heavy atom. The van der Waals surface area contributed by atoms with Gasteiger partial charge in [0.2, 0.25) is 0 Å². The minimum atomic E-state index is -0.434. The smallest absolute Gasteiger partial charge is 0.312 e. The van der Waals surface area contributed by atoms with Gasteiger partial charge in [-0.2, -0.15) is 0 Å². The number of carbonyl (C=O) groups is 1. The van der Waals surface area contributed by atoms with Crippen LogP contribution in [0.3, 0.4) is 0 Å². The van der Waals surface area contributed by atoms with Crippen LogP contribution in [0.5, 0.6) is 0 Å². The second kappa shape index (κ2) is 5.57. The lowest BCUT2D eigenvalue weighted by Gasteiger charge is -2.34. The van der Waals surface area contributed by atoms with Crippen LogP contribution < -0.4 is 5.32 Å². The van der Waals surface area contributed by atoms with Crippen LogP contribution in [0.1, 0.15) is 39.5 Å². The molecule has 0 aromatic heterocycles. The first-order valence-corrected chi connectivity index (χ1v) is 7.10. The Morgan fingerprint density at radius 1 is 1.33 bits per heavy atom. The zero-order chi connectivity index (χ0) is 13.2. The van der Waals surface area contributed by atoms with E-state index in [1.54, 1.807) is 0 Å². The standard InChI is InChI=1S/C14H26N2O2/c1-14(2,13(17)18-3)10-15-11-7-9-16-8-5-4-6-12(11)16/h11-12,15H,4-10H2,1-3H3. The molecule has 0 aromatic rings. The van der Waals surface area contributed by atoms with Gasteiger partial charge in [0.25, 0.3) is 0 Å². The van der Waals surface area contributed by atoms with Crippen molar-refractivity contribution < 1.29 is 9.53 Å². The van der Waals surface area contributed by atoms with Gasteiger partial charge in [-0.15, -0.1) is 0 Å². The molecule has 4 nitrogen and oxygen atoms in total. The lowest BCUT2D eigenvalue weighted by molar-refractivity contribution is -0.150. The van der Waals surface area contributed by atoms with Gasteiger partial charge in [0, 0.05) is 25.2 Å². The monoisotopic (exact) mass is 254 g/mol. The van der Waals surface area contributed by atoms with Gasteiger partial charge in [0.1, 0.15) is 0 Å². The largest absolute Gasteiger partial charge is 0.469 e. The fourth-order valence-corrected chi connectivity index (χ4v) is 3.22. The fourth-order valence-electron chi connectivity index (χ4n) is 3.22. The third kappa shape index (κ3) is 2.86. The quantitative estimate of drug-likeness (QED) is 0.770. The van der Waals surface area contributed by atoms with E-state index in [9.17, 15) is 4.79 Å². The van der Waals surface area contributed by atoms with Crippen molar-refractivity contribution in [2.75, 3.05) is 26.7 Å². The third-order valence-electron chi connectivity index (χ3n) is 4.40. The number of hydrogen-bond acceptors (Lipinski definition) is 4. The van der Waals surface area contributed by atoms with Crippen LogP contribution >= 0.6 is 0 Å². The molecule has 0 amide bonds. The number of rotatable bonds is 4. The zero-order valence-corrected chi connectivity index (χ0v) is 11.9. The van der Waals surface area contributed by atoms with Gasteiger partial charge in [-0.05, 0) is 39.7 Å². The van der Waals surface area contributed by atoms with Gasteiger partial charge in [0.15, 0.2) is 0 Å². The molecule has 2 unspecified atom stereocenters. The predicted molar refractivity (Wildman–Crippen MR) is 71.4 cm³/mol. The number of piperidine rings is 1. The number of hydrogen-bond donors (Lipinski definition) is 1. The average Bonchev–Trinajstić information content (AvgIpc) is 2.78. The molecule has 0 aliphatic carbocycles. The van der Waals surface area contributed by atoms with E-state index in [-0.39, 0.29) is 5.97 Å². The summed E-state index contributed by atoms with van der Waals surface area (Å²) < 4.78 is 4.85. The molecule has 0 bridgehead atoms. The van der Waals surface area contributed by atoms with E-state index in [1.807, 2.05) is 13.8 Å². The predicted octanol–water partition coefficient (Wildman–Crippen LogP) is 1.40. The molecule has 2 saturated heterocycles. The number of nitrogens with zero attached hydrogens (tertiary/aromatic N) is 1. The highest BCUT2D eigenvalue weighted by molar-refractivity contribution is 5.76. The SMILES string of the molecule is COC(=O)C(C)(C)CNC1CCN2CCCCC12. The Hall–Kier alpha value is -0.610. The lowest BCUT2D eigenvalue weighted by atomic mass is 9.92. The Morgan fingerprint density at radius 3 is 2.83 bits per heavy atom. The minimum absolute atomic E-state index is 0.131. The highest BCUT2D eigenvalue weighted by Gasteiger charge is 2.37. The van der Waals surface area contributed by atoms with Gasteiger partial charge in [-0.25, -0.2) is 0 Å². The molecule has 1 N–H and O–H groups in total. The van der Waals surface area contributed by atoms with E-state index in [1.165, 1.54) is 45.9 Å². The Bertz CT molecular complexity index is 304. The topological polar surface area (TPSA) is 41.6 Å². The molecule has 0 aromatic carbocycles. The summed E-state index contributed by atoms with van der Waals surface area (Å²) in [5, 5.41) is 3.59. The minimum Gasteiger partial charge on any atom is -0.469 e. The molecule has 2 heterocycles. The Labute approximate surface area is 110 Å². The molecule has 2 aliphatic heterocycles. The van der Waals surface area contributed by atoms with Crippen LogP contribution in [0.2, 0.25) is 0 Å². The van der Waals surface area contributed by atoms with E-state index in [2.05, 4.69) is 10.2 Å². The van der Waals surface area contributed by atoms with Crippen LogP contribution in [0, 0.1) is 5.41 Å². The van der Waals surface area contributed by atoms with Gasteiger partial charge in [-0.3, -0.25) is 9.69 Å². The summed E-state index contributed by atoms with van der Waals surface area (Å²) in [6.45, 7) is 7.05. The van der Waals surface area contributed by atoms with Crippen molar-refractivity contribution in [2.45, 2.75) is 51.6 Å². The number of carbonyl (C=O) groups excluding carboxylic acids is 1. The van der Waals surface area contributed by atoms with Crippen LogP contribution in [0.4, 0.5) is 0 Å². The van der Waals surface area contributed by atoms with Crippen molar-refractivity contribution in [3.05, 3.63) is 0 Å². The lowest BCUT2D eigenvalue weighted by Crippen LogP contribution is -2.48. The van der Waals surface area contributed by atoms with E-state index in [0.29, 0.717) is 18.6 Å². The van der Waals surface area contributed by atoms with Crippen molar-refractivity contribution >= 4 is 5.97 Å². The highest BCUT2D eigenvalue weighted by Crippen LogP contribution is 2.28. The zero-order valence-electron chi connectivity index (χ0n) is 11.9. The maximum absolute atomic E-state index is 11.6. The van der Waals surface area contributed by atoms with Crippen molar-refractivity contribution in [1.82, 2.24) is 10.2 Å². The van der Waals surface area contributed by atoms with Crippen molar-refractivity contribution in [3.63, 3.8) is 0 Å². The summed E-state index contributed by atoms with van der Waals surface area (Å²) in [4.78, 5) is 14.3. The van der Waals surface area contributed by atoms with Gasteiger partial charge in [0.05, 0.1) is 12.5 Å². The Kier molecular flexibility index (Phi) is 4.28. The van der Waals surface area contributed by atoms with E-state index in [4.69, 9.17) is 4.74 Å². The molecule has 104 valence electrons. The summed E-state index contributed by atoms with van der Waals surface area (Å²) in [6.07, 6.45) is 5.20. The van der Waals surface area contributed by atoms with Crippen LogP contribution in [0.15, 0.2) is 0 Å².